The Morgan fingerprint density at radius 3 is 2.71 bits per heavy atom. The van der Waals surface area contributed by atoms with E-state index < -0.39 is 11.9 Å². The molecule has 0 saturated carbocycles. The van der Waals surface area contributed by atoms with E-state index in [4.69, 9.17) is 21.6 Å². The number of halogens is 2. The molecule has 0 N–H and O–H groups in total. The number of allylic oxidation sites excluding steroid dienone is 5. The van der Waals surface area contributed by atoms with Crippen molar-refractivity contribution in [3.8, 4) is 11.8 Å². The fourth-order valence-corrected chi connectivity index (χ4v) is 3.56. The van der Waals surface area contributed by atoms with Crippen molar-refractivity contribution in [2.75, 3.05) is 0 Å². The van der Waals surface area contributed by atoms with Crippen molar-refractivity contribution in [3.05, 3.63) is 99.6 Å². The number of aliphatic imine (C=N–C) groups is 1. The molecule has 0 saturated heterocycles. The van der Waals surface area contributed by atoms with Gasteiger partial charge >= 0.3 is 0 Å². The van der Waals surface area contributed by atoms with E-state index in [9.17, 15) is 9.18 Å². The summed E-state index contributed by atoms with van der Waals surface area (Å²) in [6.45, 7) is 11.3. The number of fused-ring (bicyclic) bond motifs is 1. The lowest BCUT2D eigenvalue weighted by atomic mass is 10.1. The largest absolute Gasteiger partial charge is 0.278 e. The second-order valence-electron chi connectivity index (χ2n) is 7.44. The molecule has 34 heavy (non-hydrogen) atoms. The molecule has 3 rings (SSSR count). The zero-order chi connectivity index (χ0) is 24.8. The molecule has 0 bridgehead atoms. The topological polar surface area (TPSA) is 60.1 Å². The van der Waals surface area contributed by atoms with E-state index in [1.807, 2.05) is 39.0 Å². The van der Waals surface area contributed by atoms with Crippen molar-refractivity contribution < 1.29 is 4.39 Å². The predicted molar refractivity (Wildman–Crippen MR) is 138 cm³/mol. The molecule has 0 aliphatic rings. The summed E-state index contributed by atoms with van der Waals surface area (Å²) >= 11 is 6.34. The molecule has 2 heterocycles. The van der Waals surface area contributed by atoms with E-state index in [-0.39, 0.29) is 5.56 Å². The highest BCUT2D eigenvalue weighted by Gasteiger charge is 2.19. The fraction of sp³-hybridized carbons (Fsp3) is 0.185. The molecule has 1 unspecified atom stereocenters. The third-order valence-electron chi connectivity index (χ3n) is 5.03. The monoisotopic (exact) mass is 474 g/mol. The molecule has 0 aliphatic carbocycles. The second kappa shape index (κ2) is 10.9. The highest BCUT2D eigenvalue weighted by atomic mass is 35.5. The van der Waals surface area contributed by atoms with Crippen molar-refractivity contribution in [2.24, 2.45) is 4.99 Å². The molecule has 0 aliphatic heterocycles. The van der Waals surface area contributed by atoms with E-state index in [1.54, 1.807) is 25.1 Å². The first-order chi connectivity index (χ1) is 16.3. The van der Waals surface area contributed by atoms with Crippen LogP contribution in [0, 0.1) is 17.7 Å². The molecule has 2 aromatic heterocycles. The van der Waals surface area contributed by atoms with Gasteiger partial charge in [0.15, 0.2) is 0 Å². The standard InChI is InChI=1S/C27H24ClFN4O/c1-6-9-22(7-2)33-26(32-24-11-8-10-23(28)25(24)27(33)34)19(5)31-18(4)17(3)12-14-21-15-13-20(29)16-30-21/h6-11,13,15-16,19H,3H2,1-2,4-5H3. The van der Waals surface area contributed by atoms with Crippen LogP contribution in [0.2, 0.25) is 5.02 Å². The Balaban J connectivity index is 2.08. The van der Waals surface area contributed by atoms with Crippen LogP contribution in [-0.4, -0.2) is 20.2 Å². The summed E-state index contributed by atoms with van der Waals surface area (Å²) in [6, 6.07) is 7.49. The van der Waals surface area contributed by atoms with Crippen LogP contribution in [0.4, 0.5) is 4.39 Å². The van der Waals surface area contributed by atoms with Gasteiger partial charge in [0.05, 0.1) is 22.1 Å². The molecule has 0 amide bonds. The molecular weight excluding hydrogens is 451 g/mol. The van der Waals surface area contributed by atoms with Crippen molar-refractivity contribution in [1.29, 1.82) is 0 Å². The highest BCUT2D eigenvalue weighted by molar-refractivity contribution is 6.35. The van der Waals surface area contributed by atoms with Gasteiger partial charge < -0.3 is 0 Å². The second-order valence-corrected chi connectivity index (χ2v) is 7.85. The molecule has 0 fully saturated rings. The summed E-state index contributed by atoms with van der Waals surface area (Å²) in [6.07, 6.45) is 6.62. The van der Waals surface area contributed by atoms with Crippen molar-refractivity contribution in [3.63, 3.8) is 0 Å². The van der Waals surface area contributed by atoms with Crippen LogP contribution in [-0.2, 0) is 0 Å². The van der Waals surface area contributed by atoms with Gasteiger partial charge in [-0.15, -0.1) is 0 Å². The molecule has 1 aromatic carbocycles. The Morgan fingerprint density at radius 2 is 2.06 bits per heavy atom. The van der Waals surface area contributed by atoms with Crippen LogP contribution >= 0.6 is 11.6 Å². The molecule has 5 nitrogen and oxygen atoms in total. The van der Waals surface area contributed by atoms with Crippen LogP contribution in [0.15, 0.2) is 76.7 Å². The van der Waals surface area contributed by atoms with Gasteiger partial charge in [-0.05, 0) is 64.0 Å². The maximum Gasteiger partial charge on any atom is 0.267 e. The lowest BCUT2D eigenvalue weighted by molar-refractivity contribution is 0.621. The van der Waals surface area contributed by atoms with E-state index in [2.05, 4.69) is 23.4 Å². The average molecular weight is 475 g/mol. The fourth-order valence-electron chi connectivity index (χ4n) is 3.31. The maximum absolute atomic E-state index is 13.5. The third kappa shape index (κ3) is 5.38. The van der Waals surface area contributed by atoms with E-state index >= 15 is 0 Å². The van der Waals surface area contributed by atoms with Gasteiger partial charge in [0.1, 0.15) is 23.4 Å². The first-order valence-electron chi connectivity index (χ1n) is 10.6. The van der Waals surface area contributed by atoms with Gasteiger partial charge in [-0.1, -0.05) is 42.3 Å². The Hall–Kier alpha value is -3.82. The first-order valence-corrected chi connectivity index (χ1v) is 11.0. The van der Waals surface area contributed by atoms with Gasteiger partial charge in [0, 0.05) is 17.0 Å². The lowest BCUT2D eigenvalue weighted by Gasteiger charge is -2.18. The summed E-state index contributed by atoms with van der Waals surface area (Å²) in [7, 11) is 0. The summed E-state index contributed by atoms with van der Waals surface area (Å²) in [5, 5.41) is 0.698. The summed E-state index contributed by atoms with van der Waals surface area (Å²) in [5.41, 5.74) is 2.39. The Labute approximate surface area is 203 Å². The van der Waals surface area contributed by atoms with E-state index in [0.717, 1.165) is 6.20 Å². The molecule has 3 aromatic rings. The van der Waals surface area contributed by atoms with E-state index in [0.29, 0.717) is 44.4 Å². The Morgan fingerprint density at radius 1 is 1.29 bits per heavy atom. The average Bonchev–Trinajstić information content (AvgIpc) is 2.82. The molecule has 0 spiro atoms. The number of rotatable bonds is 5. The minimum Gasteiger partial charge on any atom is -0.278 e. The van der Waals surface area contributed by atoms with Gasteiger partial charge in [0.25, 0.3) is 5.56 Å². The molecule has 172 valence electrons. The van der Waals surface area contributed by atoms with Gasteiger partial charge in [-0.3, -0.25) is 14.4 Å². The van der Waals surface area contributed by atoms with Crippen LogP contribution in [0.1, 0.15) is 45.3 Å². The van der Waals surface area contributed by atoms with Crippen molar-refractivity contribution in [2.45, 2.75) is 33.7 Å². The number of pyridine rings is 1. The zero-order valence-electron chi connectivity index (χ0n) is 19.4. The molecule has 7 heteroatoms. The van der Waals surface area contributed by atoms with Crippen molar-refractivity contribution >= 4 is 33.9 Å². The maximum atomic E-state index is 13.5. The van der Waals surface area contributed by atoms with Gasteiger partial charge in [0.2, 0.25) is 0 Å². The quantitative estimate of drug-likeness (QED) is 0.253. The summed E-state index contributed by atoms with van der Waals surface area (Å²) < 4.78 is 14.6. The number of hydrogen-bond donors (Lipinski definition) is 0. The zero-order valence-corrected chi connectivity index (χ0v) is 20.2. The van der Waals surface area contributed by atoms with Gasteiger partial charge in [-0.2, -0.15) is 0 Å². The first kappa shape index (κ1) is 24.8. The van der Waals surface area contributed by atoms with Crippen LogP contribution in [0.25, 0.3) is 16.6 Å². The smallest absolute Gasteiger partial charge is 0.267 e. The summed E-state index contributed by atoms with van der Waals surface area (Å²) in [5.74, 6) is 5.79. The third-order valence-corrected chi connectivity index (χ3v) is 5.35. The number of nitrogens with zero attached hydrogens (tertiary/aromatic N) is 4. The predicted octanol–water partition coefficient (Wildman–Crippen LogP) is 6.15. The lowest BCUT2D eigenvalue weighted by Crippen LogP contribution is -2.26. The minimum absolute atomic E-state index is 0.266. The highest BCUT2D eigenvalue weighted by Crippen LogP contribution is 2.24. The molecular formula is C27H24ClFN4O. The number of hydrogen-bond acceptors (Lipinski definition) is 4. The summed E-state index contributed by atoms with van der Waals surface area (Å²) in [4.78, 5) is 26.9. The van der Waals surface area contributed by atoms with Crippen LogP contribution in [0.3, 0.4) is 0 Å². The number of benzene rings is 1. The van der Waals surface area contributed by atoms with Crippen LogP contribution in [0.5, 0.6) is 0 Å². The SMILES string of the molecule is C=C(C#Cc1ccc(F)cn1)C(C)=NC(C)c1nc2cccc(Cl)c2c(=O)n1C(C=CC)=CC. The Kier molecular flexibility index (Phi) is 7.93. The molecule has 0 radical (unpaired) electrons. The normalized spacial score (nSPS) is 13.1. The minimum atomic E-state index is -0.487. The Bertz CT molecular complexity index is 1450. The van der Waals surface area contributed by atoms with E-state index in [1.165, 1.54) is 16.7 Å². The number of aromatic nitrogens is 3. The van der Waals surface area contributed by atoms with Gasteiger partial charge in [-0.25, -0.2) is 14.4 Å². The molecule has 1 atom stereocenters. The van der Waals surface area contributed by atoms with Crippen LogP contribution < -0.4 is 5.56 Å². The van der Waals surface area contributed by atoms with Crippen molar-refractivity contribution in [1.82, 2.24) is 14.5 Å².